The smallest absolute Gasteiger partial charge is 0.169 e. The molecule has 0 amide bonds. The van der Waals surface area contributed by atoms with Gasteiger partial charge in [-0.1, -0.05) is 42.6 Å². The molecule has 0 saturated carbocycles. The highest BCUT2D eigenvalue weighted by Crippen LogP contribution is 2.37. The number of hydrogen-bond donors (Lipinski definition) is 1. The van der Waals surface area contributed by atoms with Crippen molar-refractivity contribution < 1.29 is 0 Å². The minimum atomic E-state index is 0.000133. The largest absolute Gasteiger partial charge is 0.363 e. The Morgan fingerprint density at radius 2 is 2.12 bits per heavy atom. The number of nitrogens with one attached hydrogen (secondary N) is 1. The first-order valence-electron chi connectivity index (χ1n) is 8.26. The van der Waals surface area contributed by atoms with E-state index in [4.69, 9.17) is 35.4 Å². The SMILES string of the molecule is CCCCNC(=S)N1CCn2cccc2C1c1ccc(Cl)cc1Cl. The number of halogens is 2. The van der Waals surface area contributed by atoms with Crippen LogP contribution >= 0.6 is 35.4 Å². The van der Waals surface area contributed by atoms with Gasteiger partial charge in [0.15, 0.2) is 5.11 Å². The fourth-order valence-electron chi connectivity index (χ4n) is 3.13. The van der Waals surface area contributed by atoms with Gasteiger partial charge in [0, 0.05) is 41.6 Å². The standard InChI is InChI=1S/C18H21Cl2N3S/c1-2-3-8-21-18(24)23-11-10-22-9-4-5-16(22)17(23)14-7-6-13(19)12-15(14)20/h4-7,9,12,17H,2-3,8,10-11H2,1H3,(H,21,24). The topological polar surface area (TPSA) is 20.2 Å². The number of thiocarbonyl (C=S) groups is 1. The number of aromatic nitrogens is 1. The minimum absolute atomic E-state index is 0.000133. The molecule has 0 aliphatic carbocycles. The average molecular weight is 382 g/mol. The van der Waals surface area contributed by atoms with E-state index in [0.717, 1.165) is 43.2 Å². The van der Waals surface area contributed by atoms with E-state index in [-0.39, 0.29) is 6.04 Å². The van der Waals surface area contributed by atoms with Gasteiger partial charge in [-0.15, -0.1) is 0 Å². The van der Waals surface area contributed by atoms with Gasteiger partial charge in [0.05, 0.1) is 6.04 Å². The van der Waals surface area contributed by atoms with E-state index in [1.807, 2.05) is 12.1 Å². The van der Waals surface area contributed by atoms with Crippen LogP contribution in [-0.4, -0.2) is 27.7 Å². The second-order valence-electron chi connectivity index (χ2n) is 5.97. The predicted octanol–water partition coefficient (Wildman–Crippen LogP) is 4.87. The summed E-state index contributed by atoms with van der Waals surface area (Å²) in [7, 11) is 0. The molecule has 0 fully saturated rings. The Labute approximate surface area is 158 Å². The fourth-order valence-corrected chi connectivity index (χ4v) is 3.94. The molecular weight excluding hydrogens is 361 g/mol. The molecule has 2 aromatic rings. The molecule has 1 atom stereocenters. The zero-order valence-electron chi connectivity index (χ0n) is 13.6. The zero-order chi connectivity index (χ0) is 17.1. The first-order valence-corrected chi connectivity index (χ1v) is 9.42. The first kappa shape index (κ1) is 17.6. The highest BCUT2D eigenvalue weighted by Gasteiger charge is 2.31. The van der Waals surface area contributed by atoms with E-state index >= 15 is 0 Å². The van der Waals surface area contributed by atoms with Gasteiger partial charge >= 0.3 is 0 Å². The van der Waals surface area contributed by atoms with Gasteiger partial charge in [-0.25, -0.2) is 0 Å². The van der Waals surface area contributed by atoms with Crippen LogP contribution in [0.2, 0.25) is 10.0 Å². The molecule has 0 radical (unpaired) electrons. The van der Waals surface area contributed by atoms with Crippen molar-refractivity contribution >= 4 is 40.5 Å². The maximum atomic E-state index is 6.51. The van der Waals surface area contributed by atoms with E-state index < -0.39 is 0 Å². The molecule has 1 aromatic heterocycles. The summed E-state index contributed by atoms with van der Waals surface area (Å²) in [6, 6.07) is 9.89. The third-order valence-electron chi connectivity index (χ3n) is 4.36. The van der Waals surface area contributed by atoms with Gasteiger partial charge in [0.1, 0.15) is 0 Å². The lowest BCUT2D eigenvalue weighted by atomic mass is 10.00. The van der Waals surface area contributed by atoms with E-state index in [2.05, 4.69) is 40.0 Å². The Morgan fingerprint density at radius 1 is 1.29 bits per heavy atom. The molecule has 24 heavy (non-hydrogen) atoms. The zero-order valence-corrected chi connectivity index (χ0v) is 16.0. The summed E-state index contributed by atoms with van der Waals surface area (Å²) in [5, 5.41) is 5.48. The number of benzene rings is 1. The summed E-state index contributed by atoms with van der Waals surface area (Å²) in [5.41, 5.74) is 2.23. The summed E-state index contributed by atoms with van der Waals surface area (Å²) < 4.78 is 2.26. The first-order chi connectivity index (χ1) is 11.6. The summed E-state index contributed by atoms with van der Waals surface area (Å²) in [5.74, 6) is 0. The molecule has 0 spiro atoms. The molecule has 6 heteroatoms. The van der Waals surface area contributed by atoms with Gasteiger partial charge in [-0.3, -0.25) is 0 Å². The number of fused-ring (bicyclic) bond motifs is 1. The van der Waals surface area contributed by atoms with E-state index in [1.165, 1.54) is 5.69 Å². The number of hydrogen-bond acceptors (Lipinski definition) is 1. The second kappa shape index (κ2) is 7.77. The van der Waals surface area contributed by atoms with Crippen molar-refractivity contribution in [2.45, 2.75) is 32.4 Å². The van der Waals surface area contributed by atoms with Crippen molar-refractivity contribution in [2.75, 3.05) is 13.1 Å². The predicted molar refractivity (Wildman–Crippen MR) is 105 cm³/mol. The summed E-state index contributed by atoms with van der Waals surface area (Å²) >= 11 is 18.3. The average Bonchev–Trinajstić information content (AvgIpc) is 3.03. The van der Waals surface area contributed by atoms with Gasteiger partial charge in [-0.05, 0) is 48.5 Å². The van der Waals surface area contributed by atoms with Gasteiger partial charge in [0.25, 0.3) is 0 Å². The van der Waals surface area contributed by atoms with Crippen molar-refractivity contribution in [3.63, 3.8) is 0 Å². The van der Waals surface area contributed by atoms with Crippen LogP contribution in [-0.2, 0) is 6.54 Å². The molecule has 0 bridgehead atoms. The van der Waals surface area contributed by atoms with E-state index in [1.54, 1.807) is 6.07 Å². The normalized spacial score (nSPS) is 16.8. The molecule has 1 unspecified atom stereocenters. The summed E-state index contributed by atoms with van der Waals surface area (Å²) in [6.45, 7) is 4.84. The Bertz CT molecular complexity index is 729. The van der Waals surface area contributed by atoms with Crippen molar-refractivity contribution in [3.05, 3.63) is 57.8 Å². The third-order valence-corrected chi connectivity index (χ3v) is 5.30. The van der Waals surface area contributed by atoms with E-state index in [0.29, 0.717) is 10.0 Å². The molecular formula is C18H21Cl2N3S. The monoisotopic (exact) mass is 381 g/mol. The third kappa shape index (κ3) is 3.56. The van der Waals surface area contributed by atoms with Crippen LogP contribution < -0.4 is 5.32 Å². The number of rotatable bonds is 4. The Balaban J connectivity index is 1.95. The van der Waals surface area contributed by atoms with Crippen LogP contribution in [0.25, 0.3) is 0 Å². The van der Waals surface area contributed by atoms with Crippen LogP contribution in [0.1, 0.15) is 37.1 Å². The molecule has 1 aliphatic heterocycles. The molecule has 0 saturated heterocycles. The Hall–Kier alpha value is -1.23. The fraction of sp³-hybridized carbons (Fsp3) is 0.389. The highest BCUT2D eigenvalue weighted by molar-refractivity contribution is 7.80. The Kier molecular flexibility index (Phi) is 5.69. The second-order valence-corrected chi connectivity index (χ2v) is 7.20. The van der Waals surface area contributed by atoms with Crippen LogP contribution in [0.5, 0.6) is 0 Å². The van der Waals surface area contributed by atoms with Crippen LogP contribution in [0.4, 0.5) is 0 Å². The molecule has 3 nitrogen and oxygen atoms in total. The maximum Gasteiger partial charge on any atom is 0.169 e. The van der Waals surface area contributed by atoms with Crippen molar-refractivity contribution in [1.82, 2.24) is 14.8 Å². The summed E-state index contributed by atoms with van der Waals surface area (Å²) in [6.07, 6.45) is 4.36. The van der Waals surface area contributed by atoms with Gasteiger partial charge in [0.2, 0.25) is 0 Å². The van der Waals surface area contributed by atoms with E-state index in [9.17, 15) is 0 Å². The van der Waals surface area contributed by atoms with Crippen molar-refractivity contribution in [2.24, 2.45) is 0 Å². The lowest BCUT2D eigenvalue weighted by Gasteiger charge is -2.39. The van der Waals surface area contributed by atoms with Gasteiger partial charge in [-0.2, -0.15) is 0 Å². The minimum Gasteiger partial charge on any atom is -0.363 e. The van der Waals surface area contributed by atoms with Crippen molar-refractivity contribution in [3.8, 4) is 0 Å². The summed E-state index contributed by atoms with van der Waals surface area (Å²) in [4.78, 5) is 2.23. The van der Waals surface area contributed by atoms with Crippen LogP contribution in [0.15, 0.2) is 36.5 Å². The molecule has 1 aliphatic rings. The lowest BCUT2D eigenvalue weighted by Crippen LogP contribution is -2.47. The number of unbranched alkanes of at least 4 members (excludes halogenated alkanes) is 1. The van der Waals surface area contributed by atoms with Gasteiger partial charge < -0.3 is 14.8 Å². The molecule has 3 rings (SSSR count). The van der Waals surface area contributed by atoms with Crippen molar-refractivity contribution in [1.29, 1.82) is 0 Å². The Morgan fingerprint density at radius 3 is 2.88 bits per heavy atom. The molecule has 1 aromatic carbocycles. The molecule has 2 heterocycles. The quantitative estimate of drug-likeness (QED) is 0.602. The molecule has 1 N–H and O–H groups in total. The highest BCUT2D eigenvalue weighted by atomic mass is 35.5. The maximum absolute atomic E-state index is 6.51. The van der Waals surface area contributed by atoms with Crippen LogP contribution in [0.3, 0.4) is 0 Å². The molecule has 128 valence electrons. The lowest BCUT2D eigenvalue weighted by molar-refractivity contribution is 0.286. The number of nitrogens with zero attached hydrogens (tertiary/aromatic N) is 2. The van der Waals surface area contributed by atoms with Crippen LogP contribution in [0, 0.1) is 0 Å².